The number of aliphatic hydroxyl groups excluding tert-OH is 4. The molecular weight excluding hydrogens is 1840 g/mol. The molecule has 0 radical (unpaired) electrons. The predicted octanol–water partition coefficient (Wildman–Crippen LogP) is 29.0. The molecule has 48 atom stereocenters. The number of fused-ring (bicyclic) bond motifs is 25. The second-order valence-corrected chi connectivity index (χ2v) is 59.5. The van der Waals surface area contributed by atoms with Crippen LogP contribution in [0.2, 0.25) is 0 Å². The highest BCUT2D eigenvalue weighted by Crippen LogP contribution is 2.77. The number of aliphatic hydroxyl groups is 4. The minimum Gasteiger partial charge on any atom is -0.481 e. The zero-order valence-electron chi connectivity index (χ0n) is 98.1. The topological polar surface area (TPSA) is 265 Å². The van der Waals surface area contributed by atoms with Crippen molar-refractivity contribution in [3.8, 4) is 0 Å². The zero-order valence-corrected chi connectivity index (χ0v) is 98.1. The number of hydrogen-bond acceptors (Lipinski definition) is 15. The Kier molecular flexibility index (Phi) is 36.1. The van der Waals surface area contributed by atoms with Gasteiger partial charge in [-0.2, -0.15) is 0 Å². The van der Waals surface area contributed by atoms with Crippen LogP contribution in [0.1, 0.15) is 460 Å². The molecule has 0 amide bonds. The molecule has 0 aromatic heterocycles. The first-order valence-electron chi connectivity index (χ1n) is 62.9. The van der Waals surface area contributed by atoms with Crippen LogP contribution >= 0.6 is 0 Å². The molecule has 0 heterocycles. The van der Waals surface area contributed by atoms with Gasteiger partial charge in [0.1, 0.15) is 17.3 Å². The molecule has 0 aliphatic heterocycles. The third-order valence-corrected chi connectivity index (χ3v) is 53.5. The normalized spacial score (nSPS) is 48.8. The lowest BCUT2D eigenvalue weighted by Gasteiger charge is -2.64. The maximum absolute atomic E-state index is 14.0. The van der Waals surface area contributed by atoms with Gasteiger partial charge in [0.25, 0.3) is 0 Å². The van der Waals surface area contributed by atoms with Crippen LogP contribution < -0.4 is 0 Å². The highest BCUT2D eigenvalue weighted by atomic mass is 16.5. The van der Waals surface area contributed by atoms with E-state index >= 15 is 0 Å². The first kappa shape index (κ1) is 117. The van der Waals surface area contributed by atoms with Crippen molar-refractivity contribution in [2.45, 2.75) is 478 Å². The number of ketones is 4. The average Bonchev–Trinajstić information content (AvgIpc) is 1.47. The van der Waals surface area contributed by atoms with Gasteiger partial charge in [-0.25, -0.2) is 0 Å². The number of esters is 3. The van der Waals surface area contributed by atoms with Gasteiger partial charge in [-0.3, -0.25) is 38.4 Å². The number of methoxy groups -OCH3 is 3. The summed E-state index contributed by atoms with van der Waals surface area (Å²) >= 11 is 0. The van der Waals surface area contributed by atoms with Crippen LogP contribution in [0.25, 0.3) is 0 Å². The fraction of sp³-hybridized carbons (Fsp3) is 0.924. The van der Waals surface area contributed by atoms with Gasteiger partial charge in [-0.15, -0.1) is 0 Å². The molecule has 12 unspecified atom stereocenters. The largest absolute Gasteiger partial charge is 0.481 e. The van der Waals surface area contributed by atoms with E-state index in [9.17, 15) is 58.8 Å². The Balaban J connectivity index is 0.000000132. The smallest absolute Gasteiger partial charge is 0.305 e. The molecule has 20 saturated carbocycles. The summed E-state index contributed by atoms with van der Waals surface area (Å²) < 4.78 is 14.6. The average molecular weight is 2060 g/mol. The van der Waals surface area contributed by atoms with Crippen molar-refractivity contribution in [3.63, 3.8) is 0 Å². The molecule has 16 heteroatoms. The third-order valence-electron chi connectivity index (χ3n) is 53.5. The SMILES string of the molecule is C/C=C1/C(=O)C2C3CC[C@H]([C@H](C)CCC(=O)OC)[C@@]3(C)CCC2[C@@]2(C)CC[C@@H](C)C[C@@H]12.CC[C@@H]1C(=O)C2C3CC[C@H]([C@H](C)CCC(=O)OC)[C@@]3(C)CCC2[C@@]2(C)CC[C@@H](C)C[C@@H]12.CC[C@@H]1[C@H](O)C2C3CC[C@H]([C@H](C)CCCO)[C@@]3(C)CCC2[C@@]2(C)CC[C@@H](O)C[C@@H]12.COC(=O)CC[C@@H](C)[C@H]1CCC2C3C(=O)C[C@@H]4C[C@H](C)CC[C@]4(C)C3CC[C@@]21C.C[C@H](CCC(=O)O)[C@H]1CC[C@H]2[C@@H]3C(=O)C[C@@H]4C[C@H](O)CC[C@]4(C)[C@H]3CC[C@]12C. The van der Waals surface area contributed by atoms with Crippen LogP contribution in [0.5, 0.6) is 0 Å². The van der Waals surface area contributed by atoms with Gasteiger partial charge >= 0.3 is 23.9 Å². The Morgan fingerprint density at radius 1 is 0.358 bits per heavy atom. The number of rotatable bonds is 22. The molecule has 0 bridgehead atoms. The van der Waals surface area contributed by atoms with Gasteiger partial charge in [0.05, 0.1) is 39.6 Å². The molecule has 0 aromatic carbocycles. The Hall–Kier alpha value is -3.86. The summed E-state index contributed by atoms with van der Waals surface area (Å²) in [5.74, 6) is 19.6. The van der Waals surface area contributed by atoms with Gasteiger partial charge in [-0.05, 0) is 495 Å². The first-order valence-corrected chi connectivity index (χ1v) is 62.9. The van der Waals surface area contributed by atoms with E-state index in [1.165, 1.54) is 194 Å². The maximum atomic E-state index is 14.0. The van der Waals surface area contributed by atoms with E-state index < -0.39 is 5.97 Å². The number of hydrogen-bond donors (Lipinski definition) is 5. The van der Waals surface area contributed by atoms with Gasteiger partial charge < -0.3 is 39.7 Å². The summed E-state index contributed by atoms with van der Waals surface area (Å²) in [6.07, 6.45) is 54.5. The minimum atomic E-state index is -0.698. The van der Waals surface area contributed by atoms with Crippen molar-refractivity contribution in [1.29, 1.82) is 0 Å². The standard InChI is InChI=1S/C28H46O3.C28H44O3.C26H42O3.C26H46O3.C24H38O4/c2*1-7-19-23-16-17(2)12-14-28(23,5)22-13-15-27(4)20(18(3)8-11-24(29)31-6)9-10-21(27)25(22)26(19)30;1-16-10-12-25(3)18(14-16)15-22(27)24-20-8-7-19(17(2)6-9-23(28)29-5)26(20,4)13-11-21(24)25;1-5-18-22-15-17(28)10-12-26(22,4)21-11-13-25(3)19(16(2)7-6-14-27)8-9-20(25)23(21)24(18)29;1-14(4-7-21(27)28)17-5-6-18-22-19(9-11-24(17,18)3)23(2)10-8-16(25)12-15(23)13-20(22)26/h17-23,25H,7-16H2,1-6H3;7,17-18,20-23,25H,8-16H2,1-6H3;16-21,24H,6-15H2,1-5H3;16-24,27-29H,5-15H2,1-4H3;14-19,22,25H,4-13H2,1-3H3,(H,27,28)/b;19-7+;;;/t17-,18-,19+,20-,21?,22?,23+,25?,27-,28-;17-,18-,20-,21?,22?,23+,25?,27-,28-;16-,17-,18+,19-,20?,21?,24?,25+,26-;16-,17-,18+,19-,20?,21?,22+,23?,24+,25-,26-;14-,15+,16-,17-,18+,19+,22+,23+,24-/m11111/s1. The Morgan fingerprint density at radius 2 is 0.689 bits per heavy atom. The van der Waals surface area contributed by atoms with Crippen molar-refractivity contribution in [2.24, 2.45) is 261 Å². The number of ether oxygens (including phenoxy) is 3. The van der Waals surface area contributed by atoms with Gasteiger partial charge in [0.2, 0.25) is 0 Å². The molecule has 840 valence electrons. The first-order chi connectivity index (χ1) is 70.0. The fourth-order valence-electron chi connectivity index (χ4n) is 45.3. The molecule has 16 nitrogen and oxygen atoms in total. The monoisotopic (exact) mass is 2060 g/mol. The molecule has 0 spiro atoms. The second-order valence-electron chi connectivity index (χ2n) is 59.5. The third kappa shape index (κ3) is 20.8. The van der Waals surface area contributed by atoms with E-state index in [1.807, 2.05) is 0 Å². The molecule has 148 heavy (non-hydrogen) atoms. The van der Waals surface area contributed by atoms with Crippen LogP contribution in [-0.4, -0.2) is 119 Å². The van der Waals surface area contributed by atoms with Gasteiger partial charge in [-0.1, -0.05) is 170 Å². The van der Waals surface area contributed by atoms with Crippen LogP contribution in [0, 0.1) is 261 Å². The minimum absolute atomic E-state index is 0.0889. The molecule has 20 rings (SSSR count). The molecule has 0 aromatic rings. The lowest BCUT2D eigenvalue weighted by atomic mass is 9.41. The van der Waals surface area contributed by atoms with Crippen molar-refractivity contribution >= 4 is 47.0 Å². The molecule has 20 aliphatic rings. The van der Waals surface area contributed by atoms with E-state index in [0.29, 0.717) is 242 Å². The number of carboxylic acids is 1. The lowest BCUT2D eigenvalue weighted by molar-refractivity contribution is -0.203. The summed E-state index contributed by atoms with van der Waals surface area (Å²) in [5, 5.41) is 50.7. The highest BCUT2D eigenvalue weighted by molar-refractivity contribution is 5.99. The summed E-state index contributed by atoms with van der Waals surface area (Å²) in [6.45, 7) is 50.7. The van der Waals surface area contributed by atoms with Gasteiger partial charge in [0.15, 0.2) is 5.78 Å². The number of carbonyl (C=O) groups excluding carboxylic acids is 7. The molecular formula is C132H216O16. The zero-order chi connectivity index (χ0) is 107. The number of Topliss-reactive ketones (excluding diaryl/α,β-unsaturated/α-hetero) is 4. The summed E-state index contributed by atoms with van der Waals surface area (Å²) in [7, 11) is 4.45. The van der Waals surface area contributed by atoms with Crippen LogP contribution in [0.15, 0.2) is 11.6 Å². The second kappa shape index (κ2) is 45.9. The Morgan fingerprint density at radius 3 is 1.12 bits per heavy atom. The maximum Gasteiger partial charge on any atom is 0.305 e. The van der Waals surface area contributed by atoms with E-state index in [4.69, 9.17) is 19.3 Å². The van der Waals surface area contributed by atoms with Crippen LogP contribution in [0.4, 0.5) is 0 Å². The van der Waals surface area contributed by atoms with Crippen molar-refractivity contribution in [3.05, 3.63) is 11.6 Å². The van der Waals surface area contributed by atoms with Crippen LogP contribution in [0.3, 0.4) is 0 Å². The number of allylic oxidation sites excluding steroid dienone is 2. The van der Waals surface area contributed by atoms with Gasteiger partial charge in [0, 0.05) is 74.7 Å². The highest BCUT2D eigenvalue weighted by Gasteiger charge is 2.72. The van der Waals surface area contributed by atoms with Crippen molar-refractivity contribution < 1.29 is 78.1 Å². The fourth-order valence-corrected chi connectivity index (χ4v) is 45.3. The number of carboxylic acid groups (broad SMARTS) is 1. The lowest BCUT2D eigenvalue weighted by Crippen LogP contribution is -2.62. The van der Waals surface area contributed by atoms with E-state index in [1.54, 1.807) is 0 Å². The van der Waals surface area contributed by atoms with E-state index in [-0.39, 0.29) is 93.4 Å². The molecule has 20 aliphatic carbocycles. The summed E-state index contributed by atoms with van der Waals surface area (Å²) in [4.78, 5) is 101. The Bertz CT molecular complexity index is 4650. The predicted molar refractivity (Wildman–Crippen MR) is 589 cm³/mol. The summed E-state index contributed by atoms with van der Waals surface area (Å²) in [6, 6.07) is 0. The number of carbonyl (C=O) groups is 8. The Labute approximate surface area is 898 Å². The van der Waals surface area contributed by atoms with E-state index in [2.05, 4.69) is 151 Å². The van der Waals surface area contributed by atoms with Crippen molar-refractivity contribution in [1.82, 2.24) is 0 Å². The molecule has 0 saturated heterocycles. The van der Waals surface area contributed by atoms with E-state index in [0.717, 1.165) is 139 Å². The summed E-state index contributed by atoms with van der Waals surface area (Å²) in [5.41, 5.74) is 4.04. The molecule has 20 fully saturated rings. The molecule has 5 N–H and O–H groups in total. The van der Waals surface area contributed by atoms with Crippen LogP contribution in [-0.2, 0) is 52.6 Å². The quantitative estimate of drug-likeness (QED) is 0.0383. The number of aliphatic carboxylic acids is 1. The van der Waals surface area contributed by atoms with Crippen molar-refractivity contribution in [2.75, 3.05) is 27.9 Å².